The molecule has 2 aliphatic carbocycles. The normalized spacial score (nSPS) is 14.6. The van der Waals surface area contributed by atoms with Crippen molar-refractivity contribution in [3.63, 3.8) is 0 Å². The van der Waals surface area contributed by atoms with Gasteiger partial charge in [0.15, 0.2) is 5.58 Å². The molecule has 2 nitrogen and oxygen atoms in total. The maximum absolute atomic E-state index is 6.84. The number of nitrogens with zero attached hydrogens (tertiary/aromatic N) is 1. The van der Waals surface area contributed by atoms with E-state index in [1.807, 2.05) is 11.3 Å². The van der Waals surface area contributed by atoms with Crippen molar-refractivity contribution in [3.05, 3.63) is 247 Å². The number of rotatable bonds is 4. The van der Waals surface area contributed by atoms with Crippen LogP contribution in [0.2, 0.25) is 0 Å². The minimum absolute atomic E-state index is 0.654. The van der Waals surface area contributed by atoms with E-state index in [1.54, 1.807) is 0 Å². The SMILES string of the molecule is c1ccc(-c2ccc(N(c3ccc4c(c3)C3(c5ccccc5-c5ccccc5-4)c4ccccc4-c4c3ccc3sc5ccccc5c43)c3cccc4c3oc3ccccc34)cc2)cc1. The second-order valence-corrected chi connectivity index (χ2v) is 18.2. The second-order valence-electron chi connectivity index (χ2n) is 17.1. The maximum atomic E-state index is 6.84. The van der Waals surface area contributed by atoms with Crippen molar-refractivity contribution in [1.29, 1.82) is 0 Å². The first-order valence-electron chi connectivity index (χ1n) is 22.0. The molecule has 1 unspecified atom stereocenters. The summed E-state index contributed by atoms with van der Waals surface area (Å²) in [5, 5.41) is 4.86. The molecule has 0 radical (unpaired) electrons. The smallest absolute Gasteiger partial charge is 0.159 e. The van der Waals surface area contributed by atoms with Crippen molar-refractivity contribution in [2.24, 2.45) is 0 Å². The Labute approximate surface area is 374 Å². The average molecular weight is 832 g/mol. The molecular weight excluding hydrogens is 795 g/mol. The molecule has 0 saturated carbocycles. The van der Waals surface area contributed by atoms with Gasteiger partial charge < -0.3 is 9.32 Å². The Bertz CT molecular complexity index is 3860. The highest BCUT2D eigenvalue weighted by molar-refractivity contribution is 7.26. The minimum atomic E-state index is -0.654. The van der Waals surface area contributed by atoms with Gasteiger partial charge in [-0.1, -0.05) is 176 Å². The van der Waals surface area contributed by atoms with E-state index in [-0.39, 0.29) is 0 Å². The first-order chi connectivity index (χ1) is 31.8. The van der Waals surface area contributed by atoms with E-state index in [0.29, 0.717) is 0 Å². The van der Waals surface area contributed by atoms with E-state index in [9.17, 15) is 0 Å². The van der Waals surface area contributed by atoms with Crippen LogP contribution in [0, 0.1) is 0 Å². The third-order valence-corrected chi connectivity index (χ3v) is 15.0. The van der Waals surface area contributed by atoms with Crippen molar-refractivity contribution < 1.29 is 4.42 Å². The Hall–Kier alpha value is -7.98. The second kappa shape index (κ2) is 13.5. The van der Waals surface area contributed by atoms with Crippen LogP contribution in [0.1, 0.15) is 22.3 Å². The van der Waals surface area contributed by atoms with Gasteiger partial charge in [0.1, 0.15) is 5.58 Å². The maximum Gasteiger partial charge on any atom is 0.159 e. The first kappa shape index (κ1) is 35.6. The zero-order chi connectivity index (χ0) is 41.9. The lowest BCUT2D eigenvalue weighted by Gasteiger charge is -2.36. The summed E-state index contributed by atoms with van der Waals surface area (Å²) in [6, 6.07) is 82.9. The van der Waals surface area contributed by atoms with E-state index in [1.165, 1.54) is 86.9 Å². The molecule has 0 bridgehead atoms. The van der Waals surface area contributed by atoms with E-state index in [0.717, 1.165) is 39.0 Å². The fourth-order valence-electron chi connectivity index (χ4n) is 11.3. The Morgan fingerprint density at radius 3 is 1.80 bits per heavy atom. The highest BCUT2D eigenvalue weighted by Gasteiger charge is 2.50. The molecule has 0 aliphatic heterocycles. The number of fused-ring (bicyclic) bond motifs is 19. The summed E-state index contributed by atoms with van der Waals surface area (Å²) in [6.07, 6.45) is 0. The summed E-state index contributed by atoms with van der Waals surface area (Å²) in [5.74, 6) is 0. The summed E-state index contributed by atoms with van der Waals surface area (Å²) >= 11 is 1.89. The van der Waals surface area contributed by atoms with Crippen molar-refractivity contribution in [1.82, 2.24) is 0 Å². The monoisotopic (exact) mass is 831 g/mol. The van der Waals surface area contributed by atoms with E-state index < -0.39 is 5.41 Å². The third-order valence-electron chi connectivity index (χ3n) is 13.9. The Morgan fingerprint density at radius 1 is 0.375 bits per heavy atom. The van der Waals surface area contributed by atoms with Gasteiger partial charge in [-0.3, -0.25) is 0 Å². The summed E-state index contributed by atoms with van der Waals surface area (Å²) in [5.41, 5.74) is 19.3. The van der Waals surface area contributed by atoms with Crippen molar-refractivity contribution in [2.45, 2.75) is 5.41 Å². The number of para-hydroxylation sites is 2. The summed E-state index contributed by atoms with van der Waals surface area (Å²) < 4.78 is 9.47. The van der Waals surface area contributed by atoms with Gasteiger partial charge in [0.05, 0.1) is 11.1 Å². The van der Waals surface area contributed by atoms with Gasteiger partial charge in [0, 0.05) is 42.3 Å². The van der Waals surface area contributed by atoms with Crippen LogP contribution in [-0.4, -0.2) is 0 Å². The van der Waals surface area contributed by atoms with E-state index in [2.05, 4.69) is 229 Å². The molecule has 12 aromatic rings. The topological polar surface area (TPSA) is 16.4 Å². The number of hydrogen-bond donors (Lipinski definition) is 0. The molecule has 298 valence electrons. The highest BCUT2D eigenvalue weighted by atomic mass is 32.1. The van der Waals surface area contributed by atoms with Gasteiger partial charge in [-0.25, -0.2) is 0 Å². The molecule has 3 heteroatoms. The number of anilines is 3. The van der Waals surface area contributed by atoms with Gasteiger partial charge in [-0.2, -0.15) is 0 Å². The zero-order valence-electron chi connectivity index (χ0n) is 34.6. The minimum Gasteiger partial charge on any atom is -0.454 e. The predicted octanol–water partition coefficient (Wildman–Crippen LogP) is 17.1. The number of thiophene rings is 1. The van der Waals surface area contributed by atoms with Crippen LogP contribution in [0.4, 0.5) is 17.1 Å². The van der Waals surface area contributed by atoms with E-state index >= 15 is 0 Å². The van der Waals surface area contributed by atoms with Gasteiger partial charge >= 0.3 is 0 Å². The van der Waals surface area contributed by atoms with Gasteiger partial charge in [-0.05, 0) is 115 Å². The van der Waals surface area contributed by atoms with Gasteiger partial charge in [-0.15, -0.1) is 11.3 Å². The number of furan rings is 1. The third kappa shape index (κ3) is 4.85. The van der Waals surface area contributed by atoms with Crippen LogP contribution in [0.15, 0.2) is 229 Å². The summed E-state index contributed by atoms with van der Waals surface area (Å²) in [7, 11) is 0. The molecular formula is C61H37NOS. The molecule has 2 aromatic heterocycles. The van der Waals surface area contributed by atoms with Crippen molar-refractivity contribution in [2.75, 3.05) is 4.90 Å². The molecule has 0 fully saturated rings. The van der Waals surface area contributed by atoms with Crippen LogP contribution < -0.4 is 4.90 Å². The average Bonchev–Trinajstić information content (AvgIpc) is 4.01. The first-order valence-corrected chi connectivity index (χ1v) is 22.8. The lowest BCUT2D eigenvalue weighted by molar-refractivity contribution is 0.669. The van der Waals surface area contributed by atoms with Crippen LogP contribution in [-0.2, 0) is 5.41 Å². The molecule has 0 amide bonds. The molecule has 2 heterocycles. The fourth-order valence-corrected chi connectivity index (χ4v) is 12.4. The lowest BCUT2D eigenvalue weighted by atomic mass is 9.65. The van der Waals surface area contributed by atoms with Gasteiger partial charge in [0.2, 0.25) is 0 Å². The molecule has 0 saturated heterocycles. The largest absolute Gasteiger partial charge is 0.454 e. The Morgan fingerprint density at radius 2 is 0.984 bits per heavy atom. The molecule has 14 rings (SSSR count). The lowest BCUT2D eigenvalue weighted by Crippen LogP contribution is -2.29. The van der Waals surface area contributed by atoms with E-state index in [4.69, 9.17) is 4.42 Å². The van der Waals surface area contributed by atoms with Crippen molar-refractivity contribution in [3.8, 4) is 44.5 Å². The molecule has 64 heavy (non-hydrogen) atoms. The quantitative estimate of drug-likeness (QED) is 0.176. The standard InChI is InChI=1S/C61H37NOS/c1-2-15-38(16-3-1)39-29-31-40(32-30-39)62(54-26-14-23-47-46-20-8-12-27-55(46)63-60(47)54)41-33-34-45-43-18-5-4-17-42(43)44-19-6-10-24-50(44)61(53(45)37-41)51-25-11-7-21-48(51)58-52(61)35-36-57-59(58)49-22-9-13-28-56(49)64-57/h1-37H. The predicted molar refractivity (Wildman–Crippen MR) is 268 cm³/mol. The number of hydrogen-bond acceptors (Lipinski definition) is 3. The zero-order valence-corrected chi connectivity index (χ0v) is 35.4. The molecule has 1 spiro atoms. The van der Waals surface area contributed by atoms with Crippen LogP contribution >= 0.6 is 11.3 Å². The molecule has 2 aliphatic rings. The molecule has 1 atom stereocenters. The Balaban J connectivity index is 1.11. The van der Waals surface area contributed by atoms with Crippen molar-refractivity contribution >= 4 is 70.5 Å². The van der Waals surface area contributed by atoms with Crippen LogP contribution in [0.25, 0.3) is 86.6 Å². The Kier molecular flexibility index (Phi) is 7.51. The molecule has 10 aromatic carbocycles. The summed E-state index contributed by atoms with van der Waals surface area (Å²) in [6.45, 7) is 0. The highest BCUT2D eigenvalue weighted by Crippen LogP contribution is 2.64. The number of benzene rings is 10. The molecule has 0 N–H and O–H groups in total. The van der Waals surface area contributed by atoms with Crippen LogP contribution in [0.3, 0.4) is 0 Å². The summed E-state index contributed by atoms with van der Waals surface area (Å²) in [4.78, 5) is 2.41. The fraction of sp³-hybridized carbons (Fsp3) is 0.0164. The van der Waals surface area contributed by atoms with Crippen LogP contribution in [0.5, 0.6) is 0 Å². The van der Waals surface area contributed by atoms with Gasteiger partial charge in [0.25, 0.3) is 0 Å².